The highest BCUT2D eigenvalue weighted by molar-refractivity contribution is 5.95. The van der Waals surface area contributed by atoms with Crippen LogP contribution in [0.2, 0.25) is 0 Å². The summed E-state index contributed by atoms with van der Waals surface area (Å²) in [6.45, 7) is 0. The maximum atomic E-state index is 13.1. The highest BCUT2D eigenvalue weighted by Gasteiger charge is 2.50. The number of alkyl halides is 6. The van der Waals surface area contributed by atoms with Crippen molar-refractivity contribution < 1.29 is 41.0 Å². The number of halogens is 7. The largest absolute Gasteiger partial charge is 0.478 e. The summed E-state index contributed by atoms with van der Waals surface area (Å²) < 4.78 is 77.1. The molecule has 2 aromatic heterocycles. The van der Waals surface area contributed by atoms with Crippen LogP contribution in [0.15, 0.2) is 12.4 Å². The van der Waals surface area contributed by atoms with Crippen LogP contribution in [0, 0.1) is 47.3 Å². The van der Waals surface area contributed by atoms with Crippen molar-refractivity contribution >= 4 is 24.3 Å². The summed E-state index contributed by atoms with van der Waals surface area (Å²) in [5.41, 5.74) is 2.74. The summed E-state index contributed by atoms with van der Waals surface area (Å²) in [6.07, 6.45) is 5.56. The van der Waals surface area contributed by atoms with E-state index in [-0.39, 0.29) is 24.0 Å². The molecule has 0 atom stereocenters. The van der Waals surface area contributed by atoms with Crippen LogP contribution in [0.5, 0.6) is 0 Å². The van der Waals surface area contributed by atoms with Crippen molar-refractivity contribution in [3.63, 3.8) is 0 Å². The number of nitrogens with one attached hydrogen (secondary N) is 1. The zero-order valence-corrected chi connectivity index (χ0v) is 27.6. The van der Waals surface area contributed by atoms with Crippen LogP contribution in [0.25, 0.3) is 0 Å². The molecule has 2 heterocycles. The predicted octanol–water partition coefficient (Wildman–Crippen LogP) is 6.32. The lowest BCUT2D eigenvalue weighted by Gasteiger charge is -2.54. The molecule has 0 saturated heterocycles. The number of carbonyl (C=O) groups excluding carboxylic acids is 1. The fourth-order valence-corrected chi connectivity index (χ4v) is 10.2. The third kappa shape index (κ3) is 7.22. The Hall–Kier alpha value is -2.81. The Balaban J connectivity index is 0.000000153. The molecule has 8 saturated carbocycles. The molecule has 8 fully saturated rings. The molecule has 2 aromatic rings. The third-order valence-corrected chi connectivity index (χ3v) is 11.7. The van der Waals surface area contributed by atoms with E-state index in [9.17, 15) is 35.9 Å². The lowest BCUT2D eigenvalue weighted by molar-refractivity contribution is -0.144. The summed E-state index contributed by atoms with van der Waals surface area (Å²) in [7, 11) is 2.25. The number of carboxylic acid groups (broad SMARTS) is 1. The van der Waals surface area contributed by atoms with E-state index in [1.165, 1.54) is 39.2 Å². The van der Waals surface area contributed by atoms with Crippen LogP contribution in [0.4, 0.5) is 26.3 Å². The zero-order valence-electron chi connectivity index (χ0n) is 26.8. The van der Waals surface area contributed by atoms with E-state index >= 15 is 0 Å². The average molecular weight is 709 g/mol. The lowest BCUT2D eigenvalue weighted by Crippen LogP contribution is -2.55. The molecule has 0 unspecified atom stereocenters. The van der Waals surface area contributed by atoms with E-state index in [1.807, 2.05) is 0 Å². The number of aromatic carboxylic acids is 1. The Bertz CT molecular complexity index is 1430. The van der Waals surface area contributed by atoms with Gasteiger partial charge in [0.1, 0.15) is 5.56 Å². The predicted molar refractivity (Wildman–Crippen MR) is 164 cm³/mol. The molecule has 8 bridgehead atoms. The van der Waals surface area contributed by atoms with Crippen LogP contribution >= 0.6 is 12.4 Å². The molecule has 4 N–H and O–H groups in total. The number of amides is 1. The summed E-state index contributed by atoms with van der Waals surface area (Å²) in [5, 5.41) is 18.1. The van der Waals surface area contributed by atoms with E-state index < -0.39 is 41.2 Å². The van der Waals surface area contributed by atoms with Crippen molar-refractivity contribution in [2.24, 2.45) is 67.2 Å². The van der Waals surface area contributed by atoms with E-state index in [4.69, 9.17) is 10.8 Å². The van der Waals surface area contributed by atoms with Gasteiger partial charge in [0.05, 0.1) is 18.0 Å². The first kappa shape index (κ1) is 36.5. The van der Waals surface area contributed by atoms with Gasteiger partial charge in [0.2, 0.25) is 0 Å². The second-order valence-electron chi connectivity index (χ2n) is 14.8. The van der Waals surface area contributed by atoms with Gasteiger partial charge < -0.3 is 16.2 Å². The van der Waals surface area contributed by atoms with Gasteiger partial charge in [-0.3, -0.25) is 14.2 Å². The first-order chi connectivity index (χ1) is 22.0. The van der Waals surface area contributed by atoms with Gasteiger partial charge >= 0.3 is 18.3 Å². The molecule has 1 amide bonds. The van der Waals surface area contributed by atoms with Gasteiger partial charge in [-0.1, -0.05) is 0 Å². The van der Waals surface area contributed by atoms with Crippen molar-refractivity contribution in [2.45, 2.75) is 88.6 Å². The molecule has 0 aromatic carbocycles. The summed E-state index contributed by atoms with van der Waals surface area (Å²) in [5.74, 6) is 4.11. The molecule has 268 valence electrons. The van der Waals surface area contributed by atoms with Crippen molar-refractivity contribution in [1.29, 1.82) is 0 Å². The normalized spacial score (nSPS) is 34.0. The first-order valence-electron chi connectivity index (χ1n) is 16.5. The maximum Gasteiger partial charge on any atom is 0.433 e. The van der Waals surface area contributed by atoms with Crippen LogP contribution in [-0.4, -0.2) is 48.6 Å². The Morgan fingerprint density at radius 1 is 0.708 bits per heavy atom. The second kappa shape index (κ2) is 13.5. The van der Waals surface area contributed by atoms with E-state index in [1.54, 1.807) is 6.42 Å². The fourth-order valence-electron chi connectivity index (χ4n) is 10.2. The van der Waals surface area contributed by atoms with Gasteiger partial charge in [0.15, 0.2) is 11.4 Å². The van der Waals surface area contributed by atoms with E-state index in [0.717, 1.165) is 79.1 Å². The molecule has 16 heteroatoms. The molecule has 0 radical (unpaired) electrons. The maximum absolute atomic E-state index is 13.1. The van der Waals surface area contributed by atoms with Crippen LogP contribution in [0.1, 0.15) is 96.3 Å². The number of nitrogens with zero attached hydrogens (tertiary/aromatic N) is 4. The minimum absolute atomic E-state index is 0. The molecule has 8 aliphatic carbocycles. The fraction of sp³-hybridized carbons (Fsp3) is 0.750. The van der Waals surface area contributed by atoms with Gasteiger partial charge in [0, 0.05) is 26.2 Å². The summed E-state index contributed by atoms with van der Waals surface area (Å²) >= 11 is 0. The monoisotopic (exact) mass is 708 g/mol. The van der Waals surface area contributed by atoms with Gasteiger partial charge in [-0.25, -0.2) is 4.79 Å². The average Bonchev–Trinajstić information content (AvgIpc) is 3.56. The molecule has 0 aliphatic heterocycles. The third-order valence-electron chi connectivity index (χ3n) is 11.7. The molecular weight excluding hydrogens is 666 g/mol. The molecule has 8 aliphatic rings. The van der Waals surface area contributed by atoms with E-state index in [0.29, 0.717) is 28.8 Å². The SMILES string of the molecule is Cl.Cn1ncc(C(=O)NC2C3CC4CC(C3)CC2C4)c1C(F)(F)F.Cn1ncc(C(=O)O)c1C(F)(F)F.NC1C2CC3CC(C2)CC1C3. The molecular formula is C32H43ClF6N6O3. The molecule has 9 nitrogen and oxygen atoms in total. The first-order valence-corrected chi connectivity index (χ1v) is 16.5. The van der Waals surface area contributed by atoms with Crippen molar-refractivity contribution in [1.82, 2.24) is 24.9 Å². The topological polar surface area (TPSA) is 128 Å². The van der Waals surface area contributed by atoms with Gasteiger partial charge in [-0.15, -0.1) is 12.4 Å². The number of hydrogen-bond donors (Lipinski definition) is 3. The van der Waals surface area contributed by atoms with Crippen molar-refractivity contribution in [3.05, 3.63) is 34.9 Å². The lowest BCUT2D eigenvalue weighted by atomic mass is 9.54. The van der Waals surface area contributed by atoms with Crippen LogP contribution < -0.4 is 11.1 Å². The Labute approximate surface area is 280 Å². The van der Waals surface area contributed by atoms with Crippen molar-refractivity contribution in [3.8, 4) is 0 Å². The Morgan fingerprint density at radius 2 is 1.06 bits per heavy atom. The zero-order chi connectivity index (χ0) is 34.0. The molecule has 48 heavy (non-hydrogen) atoms. The highest BCUT2D eigenvalue weighted by Crippen LogP contribution is 2.54. The number of hydrogen-bond acceptors (Lipinski definition) is 5. The number of aromatic nitrogens is 4. The smallest absolute Gasteiger partial charge is 0.433 e. The number of rotatable bonds is 3. The highest BCUT2D eigenvalue weighted by atomic mass is 35.5. The van der Waals surface area contributed by atoms with Gasteiger partial charge in [0.25, 0.3) is 5.91 Å². The minimum atomic E-state index is -4.70. The summed E-state index contributed by atoms with van der Waals surface area (Å²) in [6, 6.07) is 0.611. The van der Waals surface area contributed by atoms with Crippen LogP contribution in [0.3, 0.4) is 0 Å². The number of aryl methyl sites for hydroxylation is 2. The van der Waals surface area contributed by atoms with Gasteiger partial charge in [-0.05, 0) is 112 Å². The van der Waals surface area contributed by atoms with Gasteiger partial charge in [-0.2, -0.15) is 36.5 Å². The van der Waals surface area contributed by atoms with Crippen molar-refractivity contribution in [2.75, 3.05) is 0 Å². The Morgan fingerprint density at radius 3 is 1.42 bits per heavy atom. The number of nitrogens with two attached hydrogens (primary N) is 1. The van der Waals surface area contributed by atoms with Crippen LogP contribution in [-0.2, 0) is 26.4 Å². The second-order valence-corrected chi connectivity index (χ2v) is 14.8. The number of carbonyl (C=O) groups is 2. The Kier molecular flexibility index (Phi) is 10.2. The quantitative estimate of drug-likeness (QED) is 0.320. The standard InChI is InChI=1S/C16H20F3N3O.C10H17N.C6H5F3N2O2.ClH/c1-22-14(16(17,18)19)12(7-20-22)15(23)21-13-10-3-8-2-9(5-10)6-11(13)4-8;11-10-8-2-6-1-7(4-8)5-9(10)3-6;1-11-4(6(7,8)9)3(2-10-11)5(12)13;/h7-11,13H,2-6H2,1H3,(H,21,23);6-10H,1-5,11H2;2H,1H3,(H,12,13);1H. The molecule has 0 spiro atoms. The molecule has 10 rings (SSSR count). The minimum Gasteiger partial charge on any atom is -0.478 e. The number of carboxylic acids is 1. The summed E-state index contributed by atoms with van der Waals surface area (Å²) in [4.78, 5) is 22.8. The van der Waals surface area contributed by atoms with E-state index in [2.05, 4.69) is 15.5 Å².